The molecule has 0 spiro atoms. The normalized spacial score (nSPS) is 14.4. The maximum atomic E-state index is 14.3. The minimum absolute atomic E-state index is 0.207. The zero-order valence-corrected chi connectivity index (χ0v) is 13.4. The van der Waals surface area contributed by atoms with Gasteiger partial charge in [-0.05, 0) is 38.8 Å². The van der Waals surface area contributed by atoms with Crippen LogP contribution in [0.4, 0.5) is 9.18 Å². The Morgan fingerprint density at radius 1 is 1.33 bits per heavy atom. The van der Waals surface area contributed by atoms with Crippen LogP contribution in [0.3, 0.4) is 0 Å². The monoisotopic (exact) mass is 296 g/mol. The lowest BCUT2D eigenvalue weighted by molar-refractivity contribution is 0.0516. The molecule has 0 saturated carbocycles. The van der Waals surface area contributed by atoms with E-state index >= 15 is 0 Å². The van der Waals surface area contributed by atoms with Crippen LogP contribution in [0, 0.1) is 12.7 Å². The van der Waals surface area contributed by atoms with Gasteiger partial charge in [0.1, 0.15) is 11.4 Å². The Hall–Kier alpha value is -1.62. The van der Waals surface area contributed by atoms with Crippen LogP contribution in [0.25, 0.3) is 0 Å². The Balaban J connectivity index is 2.86. The van der Waals surface area contributed by atoms with E-state index in [1.54, 1.807) is 45.9 Å². The molecule has 0 aliphatic rings. The molecular formula is C16H25FN2O2. The molecular weight excluding hydrogens is 271 g/mol. The van der Waals surface area contributed by atoms with E-state index in [-0.39, 0.29) is 18.9 Å². The molecule has 3 N–H and O–H groups in total. The third-order valence-electron chi connectivity index (χ3n) is 3.31. The molecule has 0 fully saturated rings. The number of carbonyl (C=O) groups is 1. The van der Waals surface area contributed by atoms with Gasteiger partial charge < -0.3 is 15.8 Å². The van der Waals surface area contributed by atoms with Crippen LogP contribution in [-0.2, 0) is 10.2 Å². The number of carbonyl (C=O) groups excluding carboxylic acids is 1. The molecule has 118 valence electrons. The predicted octanol–water partition coefficient (Wildman–Crippen LogP) is 2.88. The summed E-state index contributed by atoms with van der Waals surface area (Å²) >= 11 is 0. The molecule has 1 amide bonds. The minimum atomic E-state index is -0.687. The number of rotatable bonds is 4. The van der Waals surface area contributed by atoms with Crippen LogP contribution in [0.1, 0.15) is 38.8 Å². The number of amides is 1. The summed E-state index contributed by atoms with van der Waals surface area (Å²) < 4.78 is 19.5. The van der Waals surface area contributed by atoms with E-state index in [9.17, 15) is 9.18 Å². The molecule has 0 aliphatic heterocycles. The lowest BCUT2D eigenvalue weighted by atomic mass is 9.81. The van der Waals surface area contributed by atoms with Crippen molar-refractivity contribution in [2.45, 2.75) is 45.6 Å². The van der Waals surface area contributed by atoms with Crippen LogP contribution in [0.2, 0.25) is 0 Å². The van der Waals surface area contributed by atoms with Gasteiger partial charge in [-0.15, -0.1) is 0 Å². The lowest BCUT2D eigenvalue weighted by Crippen LogP contribution is -2.45. The lowest BCUT2D eigenvalue weighted by Gasteiger charge is -2.30. The van der Waals surface area contributed by atoms with Crippen molar-refractivity contribution in [2.75, 3.05) is 13.1 Å². The van der Waals surface area contributed by atoms with Gasteiger partial charge in [0.05, 0.1) is 0 Å². The molecule has 0 radical (unpaired) electrons. The predicted molar refractivity (Wildman–Crippen MR) is 81.8 cm³/mol. The molecule has 1 unspecified atom stereocenters. The summed E-state index contributed by atoms with van der Waals surface area (Å²) in [4.78, 5) is 11.7. The third kappa shape index (κ3) is 4.70. The van der Waals surface area contributed by atoms with Crippen LogP contribution >= 0.6 is 0 Å². The Morgan fingerprint density at radius 3 is 2.48 bits per heavy atom. The standard InChI is InChI=1S/C16H25FN2O2/c1-11-7-6-8-12(13(11)17)16(5,9-18)10-19-14(20)21-15(2,3)4/h6-8H,9-10,18H2,1-5H3,(H,19,20). The first-order chi connectivity index (χ1) is 9.59. The summed E-state index contributed by atoms with van der Waals surface area (Å²) in [6.07, 6.45) is -0.532. The zero-order valence-electron chi connectivity index (χ0n) is 13.4. The average Bonchev–Trinajstić information content (AvgIpc) is 2.37. The van der Waals surface area contributed by atoms with Crippen LogP contribution in [-0.4, -0.2) is 24.8 Å². The van der Waals surface area contributed by atoms with Crippen molar-refractivity contribution in [1.82, 2.24) is 5.32 Å². The molecule has 1 aromatic rings. The third-order valence-corrected chi connectivity index (χ3v) is 3.31. The van der Waals surface area contributed by atoms with Crippen LogP contribution in [0.5, 0.6) is 0 Å². The van der Waals surface area contributed by atoms with E-state index < -0.39 is 17.1 Å². The van der Waals surface area contributed by atoms with Gasteiger partial charge in [0, 0.05) is 18.5 Å². The van der Waals surface area contributed by atoms with E-state index in [2.05, 4.69) is 5.32 Å². The smallest absolute Gasteiger partial charge is 0.407 e. The highest BCUT2D eigenvalue weighted by atomic mass is 19.1. The highest BCUT2D eigenvalue weighted by Crippen LogP contribution is 2.26. The molecule has 4 nitrogen and oxygen atoms in total. The molecule has 21 heavy (non-hydrogen) atoms. The Morgan fingerprint density at radius 2 is 1.95 bits per heavy atom. The molecule has 1 rings (SSSR count). The summed E-state index contributed by atoms with van der Waals surface area (Å²) in [5.74, 6) is -0.281. The highest BCUT2D eigenvalue weighted by Gasteiger charge is 2.30. The number of alkyl carbamates (subject to hydrolysis) is 1. The topological polar surface area (TPSA) is 64.3 Å². The Labute approximate surface area is 125 Å². The largest absolute Gasteiger partial charge is 0.444 e. The van der Waals surface area contributed by atoms with Gasteiger partial charge in [-0.3, -0.25) is 0 Å². The number of nitrogens with two attached hydrogens (primary N) is 1. The van der Waals surface area contributed by atoms with E-state index in [0.717, 1.165) is 0 Å². The van der Waals surface area contributed by atoms with Crippen molar-refractivity contribution < 1.29 is 13.9 Å². The highest BCUT2D eigenvalue weighted by molar-refractivity contribution is 5.67. The zero-order chi connectivity index (χ0) is 16.3. The number of hydrogen-bond donors (Lipinski definition) is 2. The van der Waals surface area contributed by atoms with E-state index in [0.29, 0.717) is 11.1 Å². The fraction of sp³-hybridized carbons (Fsp3) is 0.562. The first kappa shape index (κ1) is 17.4. The first-order valence-electron chi connectivity index (χ1n) is 7.01. The van der Waals surface area contributed by atoms with E-state index in [4.69, 9.17) is 10.5 Å². The molecule has 0 saturated heterocycles. The first-order valence-corrected chi connectivity index (χ1v) is 7.01. The quantitative estimate of drug-likeness (QED) is 0.898. The van der Waals surface area contributed by atoms with Crippen molar-refractivity contribution in [3.8, 4) is 0 Å². The van der Waals surface area contributed by atoms with Crippen molar-refractivity contribution in [3.63, 3.8) is 0 Å². The maximum absolute atomic E-state index is 14.3. The fourth-order valence-electron chi connectivity index (χ4n) is 1.97. The summed E-state index contributed by atoms with van der Waals surface area (Å²) in [6, 6.07) is 5.19. The molecule has 1 aromatic carbocycles. The van der Waals surface area contributed by atoms with Gasteiger partial charge in [-0.25, -0.2) is 9.18 Å². The van der Waals surface area contributed by atoms with Crippen molar-refractivity contribution in [2.24, 2.45) is 5.73 Å². The number of aryl methyl sites for hydroxylation is 1. The average molecular weight is 296 g/mol. The number of nitrogens with one attached hydrogen (secondary N) is 1. The van der Waals surface area contributed by atoms with Gasteiger partial charge >= 0.3 is 6.09 Å². The second-order valence-electron chi connectivity index (χ2n) is 6.56. The second-order valence-corrected chi connectivity index (χ2v) is 6.56. The summed E-state index contributed by atoms with van der Waals surface area (Å²) in [5.41, 5.74) is 5.61. The van der Waals surface area contributed by atoms with Gasteiger partial charge in [-0.2, -0.15) is 0 Å². The number of halogens is 1. The van der Waals surface area contributed by atoms with Gasteiger partial charge in [-0.1, -0.05) is 25.1 Å². The number of ether oxygens (including phenoxy) is 1. The van der Waals surface area contributed by atoms with Gasteiger partial charge in [0.25, 0.3) is 0 Å². The van der Waals surface area contributed by atoms with Crippen molar-refractivity contribution >= 4 is 6.09 Å². The summed E-state index contributed by atoms with van der Waals surface area (Å²) in [5, 5.41) is 2.67. The molecule has 0 aromatic heterocycles. The summed E-state index contributed by atoms with van der Waals surface area (Å²) in [6.45, 7) is 9.31. The fourth-order valence-corrected chi connectivity index (χ4v) is 1.97. The Kier molecular flexibility index (Phi) is 5.34. The SMILES string of the molecule is Cc1cccc(C(C)(CN)CNC(=O)OC(C)(C)C)c1F. The number of hydrogen-bond acceptors (Lipinski definition) is 3. The van der Waals surface area contributed by atoms with E-state index in [1.165, 1.54) is 0 Å². The summed E-state index contributed by atoms with van der Waals surface area (Å²) in [7, 11) is 0. The molecule has 0 heterocycles. The number of benzene rings is 1. The minimum Gasteiger partial charge on any atom is -0.444 e. The second kappa shape index (κ2) is 6.43. The Bertz CT molecular complexity index is 511. The molecule has 5 heteroatoms. The molecule has 0 bridgehead atoms. The van der Waals surface area contributed by atoms with Crippen LogP contribution in [0.15, 0.2) is 18.2 Å². The maximum Gasteiger partial charge on any atom is 0.407 e. The van der Waals surface area contributed by atoms with E-state index in [1.807, 2.05) is 6.92 Å². The van der Waals surface area contributed by atoms with Crippen molar-refractivity contribution in [3.05, 3.63) is 35.1 Å². The van der Waals surface area contributed by atoms with Gasteiger partial charge in [0.15, 0.2) is 0 Å². The van der Waals surface area contributed by atoms with Crippen molar-refractivity contribution in [1.29, 1.82) is 0 Å². The van der Waals surface area contributed by atoms with Gasteiger partial charge in [0.2, 0.25) is 0 Å². The molecule has 0 aliphatic carbocycles. The van der Waals surface area contributed by atoms with Crippen LogP contribution < -0.4 is 11.1 Å². The molecule has 1 atom stereocenters.